The maximum Gasteiger partial charge on any atom is 0.240 e. The van der Waals surface area contributed by atoms with E-state index in [1.165, 1.54) is 12.1 Å². The Hall–Kier alpha value is -2.63. The van der Waals surface area contributed by atoms with Gasteiger partial charge >= 0.3 is 0 Å². The van der Waals surface area contributed by atoms with Crippen LogP contribution in [-0.4, -0.2) is 53.1 Å². The summed E-state index contributed by atoms with van der Waals surface area (Å²) in [4.78, 5) is 4.59. The molecule has 0 aliphatic rings. The molecule has 0 unspecified atom stereocenters. The third-order valence-corrected chi connectivity index (χ3v) is 5.32. The first-order valence-electron chi connectivity index (χ1n) is 8.38. The fraction of sp³-hybridized carbons (Fsp3) is 0.375. The van der Waals surface area contributed by atoms with Crippen molar-refractivity contribution in [2.75, 3.05) is 19.7 Å². The number of nitrogens with one attached hydrogen (secondary N) is 1. The lowest BCUT2D eigenvalue weighted by molar-refractivity contribution is 0.341. The van der Waals surface area contributed by atoms with Gasteiger partial charge in [0.15, 0.2) is 11.5 Å². The van der Waals surface area contributed by atoms with Crippen molar-refractivity contribution >= 4 is 21.2 Å². The van der Waals surface area contributed by atoms with Gasteiger partial charge in [0.05, 0.1) is 22.8 Å². The predicted octanol–water partition coefficient (Wildman–Crippen LogP) is 0.369. The summed E-state index contributed by atoms with van der Waals surface area (Å²) < 4.78 is 34.5. The molecule has 0 bridgehead atoms. The summed E-state index contributed by atoms with van der Waals surface area (Å²) in [5.74, 6) is 0.732. The molecule has 2 aromatic heterocycles. The Balaban J connectivity index is 2.15. The molecular formula is C16H21N7O3S. The largest absolute Gasteiger partial charge is 0.493 e. The SMILES string of the molecule is CCOc1ccc(S(=O)(=O)NCCN)cc1-c1nnc2c(n1)c(C)nn2C. The molecule has 1 aromatic carbocycles. The fourth-order valence-corrected chi connectivity index (χ4v) is 3.70. The van der Waals surface area contributed by atoms with Crippen molar-refractivity contribution in [3.8, 4) is 17.1 Å². The zero-order chi connectivity index (χ0) is 19.6. The van der Waals surface area contributed by atoms with E-state index in [0.717, 1.165) is 0 Å². The molecule has 3 aromatic rings. The van der Waals surface area contributed by atoms with Gasteiger partial charge in [0, 0.05) is 20.1 Å². The molecule has 0 aliphatic carbocycles. The number of benzene rings is 1. The monoisotopic (exact) mass is 391 g/mol. The van der Waals surface area contributed by atoms with E-state index in [1.807, 2.05) is 13.8 Å². The maximum atomic E-state index is 12.4. The van der Waals surface area contributed by atoms with E-state index >= 15 is 0 Å². The minimum Gasteiger partial charge on any atom is -0.493 e. The molecule has 11 heteroatoms. The zero-order valence-electron chi connectivity index (χ0n) is 15.3. The number of rotatable bonds is 7. The van der Waals surface area contributed by atoms with E-state index in [1.54, 1.807) is 17.8 Å². The minimum atomic E-state index is -3.71. The van der Waals surface area contributed by atoms with Gasteiger partial charge in [-0.15, -0.1) is 10.2 Å². The lowest BCUT2D eigenvalue weighted by Gasteiger charge is -2.12. The number of hydrogen-bond donors (Lipinski definition) is 2. The van der Waals surface area contributed by atoms with Crippen LogP contribution in [0.25, 0.3) is 22.6 Å². The quantitative estimate of drug-likeness (QED) is 0.589. The molecule has 0 aliphatic heterocycles. The molecule has 0 saturated heterocycles. The Labute approximate surface area is 156 Å². The molecule has 3 rings (SSSR count). The van der Waals surface area contributed by atoms with Gasteiger partial charge in [0.25, 0.3) is 0 Å². The van der Waals surface area contributed by atoms with Crippen LogP contribution in [0.2, 0.25) is 0 Å². The summed E-state index contributed by atoms with van der Waals surface area (Å²) in [7, 11) is -1.95. The third kappa shape index (κ3) is 3.75. The van der Waals surface area contributed by atoms with Gasteiger partial charge < -0.3 is 10.5 Å². The van der Waals surface area contributed by atoms with Crippen LogP contribution >= 0.6 is 0 Å². The lowest BCUT2D eigenvalue weighted by Crippen LogP contribution is -2.29. The molecule has 3 N–H and O–H groups in total. The maximum absolute atomic E-state index is 12.4. The van der Waals surface area contributed by atoms with Crippen molar-refractivity contribution in [1.29, 1.82) is 0 Å². The highest BCUT2D eigenvalue weighted by Crippen LogP contribution is 2.31. The first kappa shape index (κ1) is 19.1. The molecule has 10 nitrogen and oxygen atoms in total. The average molecular weight is 391 g/mol. The smallest absolute Gasteiger partial charge is 0.240 e. The van der Waals surface area contributed by atoms with E-state index in [-0.39, 0.29) is 23.8 Å². The second kappa shape index (κ2) is 7.55. The van der Waals surface area contributed by atoms with Crippen molar-refractivity contribution in [3.05, 3.63) is 23.9 Å². The van der Waals surface area contributed by atoms with Crippen LogP contribution in [0.15, 0.2) is 23.1 Å². The molecule has 0 amide bonds. The predicted molar refractivity (Wildman–Crippen MR) is 99.7 cm³/mol. The van der Waals surface area contributed by atoms with E-state index in [9.17, 15) is 8.42 Å². The number of fused-ring (bicyclic) bond motifs is 1. The van der Waals surface area contributed by atoms with Crippen molar-refractivity contribution in [2.24, 2.45) is 12.8 Å². The van der Waals surface area contributed by atoms with Crippen LogP contribution in [0.1, 0.15) is 12.6 Å². The second-order valence-corrected chi connectivity index (χ2v) is 7.56. The first-order valence-corrected chi connectivity index (χ1v) is 9.86. The van der Waals surface area contributed by atoms with E-state index < -0.39 is 10.0 Å². The highest BCUT2D eigenvalue weighted by Gasteiger charge is 2.20. The highest BCUT2D eigenvalue weighted by atomic mass is 32.2. The summed E-state index contributed by atoms with van der Waals surface area (Å²) in [6.45, 7) is 4.41. The van der Waals surface area contributed by atoms with Crippen LogP contribution in [0.5, 0.6) is 5.75 Å². The van der Waals surface area contributed by atoms with E-state index in [0.29, 0.717) is 34.8 Å². The van der Waals surface area contributed by atoms with Gasteiger partial charge in [-0.2, -0.15) is 5.10 Å². The van der Waals surface area contributed by atoms with Crippen molar-refractivity contribution in [1.82, 2.24) is 29.7 Å². The fourth-order valence-electron chi connectivity index (χ4n) is 2.62. The summed E-state index contributed by atoms with van der Waals surface area (Å²) >= 11 is 0. The Morgan fingerprint density at radius 3 is 2.78 bits per heavy atom. The third-order valence-electron chi connectivity index (χ3n) is 3.86. The number of nitrogens with two attached hydrogens (primary N) is 1. The summed E-state index contributed by atoms with van der Waals surface area (Å²) in [6.07, 6.45) is 0. The van der Waals surface area contributed by atoms with Gasteiger partial charge in [-0.05, 0) is 32.0 Å². The number of sulfonamides is 1. The van der Waals surface area contributed by atoms with Gasteiger partial charge in [-0.1, -0.05) is 0 Å². The van der Waals surface area contributed by atoms with Crippen molar-refractivity contribution in [3.63, 3.8) is 0 Å². The Morgan fingerprint density at radius 1 is 1.30 bits per heavy atom. The zero-order valence-corrected chi connectivity index (χ0v) is 16.1. The van der Waals surface area contributed by atoms with Crippen LogP contribution in [-0.2, 0) is 17.1 Å². The number of ether oxygens (including phenoxy) is 1. The molecule has 0 radical (unpaired) electrons. The Bertz CT molecular complexity index is 1080. The van der Waals surface area contributed by atoms with Gasteiger partial charge in [0.1, 0.15) is 11.3 Å². The second-order valence-electron chi connectivity index (χ2n) is 5.79. The minimum absolute atomic E-state index is 0.0704. The summed E-state index contributed by atoms with van der Waals surface area (Å²) in [5, 5.41) is 12.6. The van der Waals surface area contributed by atoms with Gasteiger partial charge in [-0.3, -0.25) is 0 Å². The van der Waals surface area contributed by atoms with Crippen molar-refractivity contribution in [2.45, 2.75) is 18.7 Å². The number of nitrogens with zero attached hydrogens (tertiary/aromatic N) is 5. The molecule has 0 fully saturated rings. The molecular weight excluding hydrogens is 370 g/mol. The average Bonchev–Trinajstić information content (AvgIpc) is 2.94. The molecule has 0 atom stereocenters. The van der Waals surface area contributed by atoms with E-state index in [2.05, 4.69) is 25.0 Å². The topological polar surface area (TPSA) is 138 Å². The first-order chi connectivity index (χ1) is 12.9. The van der Waals surface area contributed by atoms with Gasteiger partial charge in [0.2, 0.25) is 10.0 Å². The number of hydrogen-bond acceptors (Lipinski definition) is 8. The van der Waals surface area contributed by atoms with Crippen molar-refractivity contribution < 1.29 is 13.2 Å². The molecule has 0 saturated carbocycles. The summed E-state index contributed by atoms with van der Waals surface area (Å²) in [6, 6.07) is 4.52. The summed E-state index contributed by atoms with van der Waals surface area (Å²) in [5.41, 5.74) is 7.66. The highest BCUT2D eigenvalue weighted by molar-refractivity contribution is 7.89. The van der Waals surface area contributed by atoms with E-state index in [4.69, 9.17) is 10.5 Å². The number of aryl methyl sites for hydroxylation is 2. The molecule has 144 valence electrons. The normalized spacial score (nSPS) is 11.9. The van der Waals surface area contributed by atoms with Crippen LogP contribution in [0, 0.1) is 6.92 Å². The molecule has 2 heterocycles. The van der Waals surface area contributed by atoms with Crippen LogP contribution in [0.3, 0.4) is 0 Å². The van der Waals surface area contributed by atoms with Crippen LogP contribution < -0.4 is 15.2 Å². The van der Waals surface area contributed by atoms with Crippen LogP contribution in [0.4, 0.5) is 0 Å². The molecule has 0 spiro atoms. The Morgan fingerprint density at radius 2 is 2.07 bits per heavy atom. The standard InChI is InChI=1S/C16H21N7O3S/c1-4-26-13-6-5-11(27(24,25)18-8-7-17)9-12(13)15-19-14-10(2)22-23(3)16(14)21-20-15/h5-6,9,18H,4,7-8,17H2,1-3H3. The molecule has 27 heavy (non-hydrogen) atoms. The number of aromatic nitrogens is 5. The lowest BCUT2D eigenvalue weighted by atomic mass is 10.2. The van der Waals surface area contributed by atoms with Gasteiger partial charge in [-0.25, -0.2) is 22.8 Å². The Kier molecular flexibility index (Phi) is 5.35.